The second-order valence-electron chi connectivity index (χ2n) is 4.04. The number of nitrogens with one attached hydrogen (secondary N) is 1. The molecule has 0 atom stereocenters. The third kappa shape index (κ3) is 2.28. The van der Waals surface area contributed by atoms with E-state index in [4.69, 9.17) is 16.9 Å². The molecule has 0 unspecified atom stereocenters. The topological polar surface area (TPSA) is 101 Å². The predicted molar refractivity (Wildman–Crippen MR) is 85.3 cm³/mol. The number of para-hydroxylation sites is 1. The lowest BCUT2D eigenvalue weighted by atomic mass is 10.2. The number of aliphatic imine (C=N–C) groups is 1. The van der Waals surface area contributed by atoms with E-state index in [9.17, 15) is 0 Å². The van der Waals surface area contributed by atoms with Crippen molar-refractivity contribution in [1.29, 1.82) is 5.41 Å². The van der Waals surface area contributed by atoms with Gasteiger partial charge in [-0.05, 0) is 23.6 Å². The Morgan fingerprint density at radius 3 is 2.75 bits per heavy atom. The van der Waals surface area contributed by atoms with Crippen molar-refractivity contribution in [3.8, 4) is 0 Å². The molecule has 5 N–H and O–H groups in total. The van der Waals surface area contributed by atoms with Gasteiger partial charge in [-0.3, -0.25) is 5.41 Å². The molecule has 0 radical (unpaired) electrons. The third-order valence-corrected chi connectivity index (χ3v) is 4.56. The molecule has 0 aliphatic rings. The van der Waals surface area contributed by atoms with Gasteiger partial charge in [0.05, 0.1) is 15.1 Å². The molecule has 0 bridgehead atoms. The molecule has 0 amide bonds. The summed E-state index contributed by atoms with van der Waals surface area (Å²) in [7, 11) is 0. The van der Waals surface area contributed by atoms with Gasteiger partial charge in [0.1, 0.15) is 11.7 Å². The van der Waals surface area contributed by atoms with Crippen molar-refractivity contribution < 1.29 is 0 Å². The number of fused-ring (bicyclic) bond motifs is 1. The van der Waals surface area contributed by atoms with E-state index in [1.54, 1.807) is 0 Å². The molecule has 3 rings (SSSR count). The van der Waals surface area contributed by atoms with Crippen LogP contribution in [0.3, 0.4) is 0 Å². The van der Waals surface area contributed by atoms with Crippen LogP contribution < -0.4 is 11.5 Å². The molecule has 2 heterocycles. The van der Waals surface area contributed by atoms with Gasteiger partial charge in [0.25, 0.3) is 0 Å². The minimum absolute atomic E-state index is 0.00236. The van der Waals surface area contributed by atoms with Crippen molar-refractivity contribution in [2.75, 3.05) is 0 Å². The van der Waals surface area contributed by atoms with Crippen LogP contribution >= 0.6 is 22.7 Å². The molecular formula is C13H11N5S2. The summed E-state index contributed by atoms with van der Waals surface area (Å²) in [6.45, 7) is 0. The van der Waals surface area contributed by atoms with Crippen molar-refractivity contribution in [2.24, 2.45) is 16.5 Å². The minimum Gasteiger partial charge on any atom is -0.383 e. The first-order valence-electron chi connectivity index (χ1n) is 5.77. The number of benzene rings is 1. The third-order valence-electron chi connectivity index (χ3n) is 2.68. The number of nitrogens with two attached hydrogens (primary N) is 2. The summed E-state index contributed by atoms with van der Waals surface area (Å²) in [5, 5.41) is 9.96. The Labute approximate surface area is 123 Å². The molecule has 3 aromatic rings. The zero-order valence-corrected chi connectivity index (χ0v) is 12.0. The van der Waals surface area contributed by atoms with E-state index in [0.29, 0.717) is 21.4 Å². The molecule has 1 aromatic carbocycles. The van der Waals surface area contributed by atoms with Gasteiger partial charge in [-0.1, -0.05) is 23.5 Å². The summed E-state index contributed by atoms with van der Waals surface area (Å²) in [6.07, 6.45) is 0. The number of thiazole rings is 1. The van der Waals surface area contributed by atoms with Gasteiger partial charge in [-0.2, -0.15) is 0 Å². The highest BCUT2D eigenvalue weighted by atomic mass is 32.1. The summed E-state index contributed by atoms with van der Waals surface area (Å²) in [5.41, 5.74) is 13.1. The van der Waals surface area contributed by atoms with Gasteiger partial charge >= 0.3 is 0 Å². The highest BCUT2D eigenvalue weighted by Gasteiger charge is 2.11. The molecular weight excluding hydrogens is 290 g/mol. The number of amidine groups is 2. The Bertz CT molecular complexity index is 782. The lowest BCUT2D eigenvalue weighted by Crippen LogP contribution is -2.18. The van der Waals surface area contributed by atoms with Gasteiger partial charge in [0.2, 0.25) is 5.13 Å². The quantitative estimate of drug-likeness (QED) is 0.512. The molecule has 7 heteroatoms. The van der Waals surface area contributed by atoms with Gasteiger partial charge < -0.3 is 11.5 Å². The summed E-state index contributed by atoms with van der Waals surface area (Å²) in [5.74, 6) is 0.327. The van der Waals surface area contributed by atoms with Crippen LogP contribution in [0.1, 0.15) is 10.4 Å². The van der Waals surface area contributed by atoms with Crippen LogP contribution in [0.5, 0.6) is 0 Å². The van der Waals surface area contributed by atoms with E-state index in [-0.39, 0.29) is 5.84 Å². The number of nitrogens with zero attached hydrogens (tertiary/aromatic N) is 2. The van der Waals surface area contributed by atoms with Crippen LogP contribution in [0.15, 0.2) is 40.7 Å². The highest BCUT2D eigenvalue weighted by Crippen LogP contribution is 2.28. The Morgan fingerprint density at radius 2 is 2.00 bits per heavy atom. The van der Waals surface area contributed by atoms with E-state index < -0.39 is 0 Å². The normalized spacial score (nSPS) is 11.9. The lowest BCUT2D eigenvalue weighted by molar-refractivity contribution is 1.38. The fourth-order valence-electron chi connectivity index (χ4n) is 1.79. The van der Waals surface area contributed by atoms with Crippen LogP contribution in [0, 0.1) is 5.41 Å². The number of nitrogen functional groups attached to an aromatic ring is 1. The van der Waals surface area contributed by atoms with Crippen molar-refractivity contribution >= 4 is 49.7 Å². The van der Waals surface area contributed by atoms with E-state index in [1.807, 2.05) is 35.7 Å². The predicted octanol–water partition coefficient (Wildman–Crippen LogP) is 2.68. The molecule has 5 nitrogen and oxygen atoms in total. The molecule has 100 valence electrons. The first kappa shape index (κ1) is 12.8. The summed E-state index contributed by atoms with van der Waals surface area (Å²) in [4.78, 5) is 9.38. The average Bonchev–Trinajstić information content (AvgIpc) is 3.04. The maximum Gasteiger partial charge on any atom is 0.212 e. The number of hydrogen-bond donors (Lipinski definition) is 3. The maximum atomic E-state index is 7.52. The second kappa shape index (κ2) is 5.03. The fourth-order valence-corrected chi connectivity index (χ4v) is 3.41. The standard InChI is InChI=1S/C13H11N5S2/c14-11(15)10-7(5-6-19-10)12(16)18-13-17-8-3-1-2-4-9(8)20-13/h1-6H,(H3,14,15)(H2,16,17,18). The molecule has 0 aliphatic heterocycles. The SMILES string of the molecule is N=C(N)c1sccc1/C(N)=N/c1nc2ccccc2s1. The number of rotatable bonds is 3. The summed E-state index contributed by atoms with van der Waals surface area (Å²) in [6, 6.07) is 9.64. The van der Waals surface area contributed by atoms with E-state index >= 15 is 0 Å². The summed E-state index contributed by atoms with van der Waals surface area (Å²) < 4.78 is 1.07. The first-order valence-corrected chi connectivity index (χ1v) is 7.47. The van der Waals surface area contributed by atoms with Gasteiger partial charge in [-0.25, -0.2) is 9.98 Å². The number of thiophene rings is 1. The van der Waals surface area contributed by atoms with E-state index in [1.165, 1.54) is 22.7 Å². The van der Waals surface area contributed by atoms with Crippen molar-refractivity contribution in [3.05, 3.63) is 46.2 Å². The molecule has 20 heavy (non-hydrogen) atoms. The van der Waals surface area contributed by atoms with Crippen LogP contribution in [0.4, 0.5) is 5.13 Å². The smallest absolute Gasteiger partial charge is 0.212 e. The Balaban J connectivity index is 2.02. The van der Waals surface area contributed by atoms with Crippen LogP contribution in [0.2, 0.25) is 0 Å². The molecule has 0 saturated carbocycles. The Morgan fingerprint density at radius 1 is 1.20 bits per heavy atom. The average molecular weight is 301 g/mol. The zero-order valence-electron chi connectivity index (χ0n) is 10.3. The summed E-state index contributed by atoms with van der Waals surface area (Å²) >= 11 is 2.85. The van der Waals surface area contributed by atoms with Gasteiger partial charge in [0.15, 0.2) is 0 Å². The maximum absolute atomic E-state index is 7.52. The first-order chi connectivity index (χ1) is 9.65. The molecule has 0 saturated heterocycles. The second-order valence-corrected chi connectivity index (χ2v) is 5.96. The Kier molecular flexibility index (Phi) is 3.21. The molecule has 0 fully saturated rings. The molecule has 0 spiro atoms. The van der Waals surface area contributed by atoms with Crippen molar-refractivity contribution in [1.82, 2.24) is 4.98 Å². The monoisotopic (exact) mass is 301 g/mol. The van der Waals surface area contributed by atoms with E-state index in [2.05, 4.69) is 9.98 Å². The number of aromatic nitrogens is 1. The fraction of sp³-hybridized carbons (Fsp3) is 0. The van der Waals surface area contributed by atoms with E-state index in [0.717, 1.165) is 10.2 Å². The minimum atomic E-state index is -0.00236. The Hall–Kier alpha value is -2.25. The van der Waals surface area contributed by atoms with Gasteiger partial charge in [0, 0.05) is 5.56 Å². The van der Waals surface area contributed by atoms with Crippen LogP contribution in [0.25, 0.3) is 10.2 Å². The molecule has 0 aliphatic carbocycles. The van der Waals surface area contributed by atoms with Gasteiger partial charge in [-0.15, -0.1) is 11.3 Å². The molecule has 2 aromatic heterocycles. The van der Waals surface area contributed by atoms with Crippen LogP contribution in [-0.2, 0) is 0 Å². The van der Waals surface area contributed by atoms with Crippen molar-refractivity contribution in [2.45, 2.75) is 0 Å². The zero-order chi connectivity index (χ0) is 14.1. The van der Waals surface area contributed by atoms with Crippen molar-refractivity contribution in [3.63, 3.8) is 0 Å². The number of hydrogen-bond acceptors (Lipinski definition) is 5. The highest BCUT2D eigenvalue weighted by molar-refractivity contribution is 7.22. The largest absolute Gasteiger partial charge is 0.383 e. The van der Waals surface area contributed by atoms with Crippen LogP contribution in [-0.4, -0.2) is 16.7 Å². The lowest BCUT2D eigenvalue weighted by Gasteiger charge is -2.00.